The molecule has 8 heteroatoms. The van der Waals surface area contributed by atoms with E-state index < -0.39 is 0 Å². The predicted octanol–water partition coefficient (Wildman–Crippen LogP) is 3.53. The Morgan fingerprint density at radius 2 is 2.07 bits per heavy atom. The van der Waals surface area contributed by atoms with Crippen LogP contribution in [0.15, 0.2) is 41.1 Å². The Bertz CT molecular complexity index is 1000. The first kappa shape index (κ1) is 20.0. The average Bonchev–Trinajstić information content (AvgIpc) is 3.28. The van der Waals surface area contributed by atoms with Crippen LogP contribution in [-0.4, -0.2) is 44.6 Å². The summed E-state index contributed by atoms with van der Waals surface area (Å²) in [4.78, 5) is 23.4. The Balaban J connectivity index is 1.47. The van der Waals surface area contributed by atoms with Gasteiger partial charge in [0.2, 0.25) is 11.8 Å². The zero-order chi connectivity index (χ0) is 20.9. The van der Waals surface area contributed by atoms with E-state index in [0.29, 0.717) is 36.9 Å². The minimum absolute atomic E-state index is 0.0838. The van der Waals surface area contributed by atoms with Crippen molar-refractivity contribution in [3.05, 3.63) is 53.8 Å². The van der Waals surface area contributed by atoms with Crippen LogP contribution in [0, 0.1) is 6.92 Å². The summed E-state index contributed by atoms with van der Waals surface area (Å²) >= 11 is 0. The molecule has 3 heterocycles. The Kier molecular flexibility index (Phi) is 6.02. The normalized spacial score (nSPS) is 16.5. The van der Waals surface area contributed by atoms with Gasteiger partial charge >= 0.3 is 0 Å². The molecule has 0 N–H and O–H groups in total. The molecule has 3 aromatic rings. The lowest BCUT2D eigenvalue weighted by Gasteiger charge is -2.33. The lowest BCUT2D eigenvalue weighted by atomic mass is 10.0. The van der Waals surface area contributed by atoms with E-state index in [1.165, 1.54) is 0 Å². The number of benzene rings is 1. The van der Waals surface area contributed by atoms with Crippen LogP contribution >= 0.6 is 0 Å². The van der Waals surface area contributed by atoms with Crippen LogP contribution in [0.3, 0.4) is 0 Å². The number of amides is 1. The van der Waals surface area contributed by atoms with Crippen molar-refractivity contribution in [2.45, 2.75) is 45.1 Å². The number of aryl methyl sites for hydroxylation is 2. The number of ether oxygens (including phenoxy) is 1. The fourth-order valence-electron chi connectivity index (χ4n) is 3.76. The molecule has 156 valence electrons. The molecule has 0 unspecified atom stereocenters. The molecule has 0 saturated carbocycles. The number of nitrogens with zero attached hydrogens (tertiary/aromatic N) is 5. The summed E-state index contributed by atoms with van der Waals surface area (Å²) in [5.74, 6) is 1.67. The maximum Gasteiger partial charge on any atom is 0.267 e. The second-order valence-electron chi connectivity index (χ2n) is 7.40. The van der Waals surface area contributed by atoms with Crippen molar-refractivity contribution in [2.75, 3.05) is 13.7 Å². The summed E-state index contributed by atoms with van der Waals surface area (Å²) in [6, 6.07) is 7.59. The molecule has 1 atom stereocenters. The predicted molar refractivity (Wildman–Crippen MR) is 110 cm³/mol. The Hall–Kier alpha value is -3.29. The number of likely N-dealkylation sites (tertiary alicyclic amines) is 1. The van der Waals surface area contributed by atoms with Crippen LogP contribution in [-0.2, 0) is 11.2 Å². The van der Waals surface area contributed by atoms with Crippen LogP contribution in [0.2, 0.25) is 0 Å². The van der Waals surface area contributed by atoms with Gasteiger partial charge in [0.1, 0.15) is 17.5 Å². The summed E-state index contributed by atoms with van der Waals surface area (Å²) in [6.07, 6.45) is 7.10. The zero-order valence-electron chi connectivity index (χ0n) is 17.2. The van der Waals surface area contributed by atoms with Crippen molar-refractivity contribution in [1.82, 2.24) is 25.1 Å². The first-order valence-corrected chi connectivity index (χ1v) is 10.2. The van der Waals surface area contributed by atoms with Gasteiger partial charge in [0.25, 0.3) is 5.89 Å². The number of piperidine rings is 1. The Morgan fingerprint density at radius 3 is 2.87 bits per heavy atom. The second kappa shape index (κ2) is 9.02. The van der Waals surface area contributed by atoms with Crippen molar-refractivity contribution >= 4 is 5.91 Å². The van der Waals surface area contributed by atoms with Crippen LogP contribution in [0.5, 0.6) is 5.75 Å². The van der Waals surface area contributed by atoms with Gasteiger partial charge in [0, 0.05) is 19.2 Å². The minimum atomic E-state index is -0.205. The van der Waals surface area contributed by atoms with Crippen LogP contribution < -0.4 is 4.74 Å². The fourth-order valence-corrected chi connectivity index (χ4v) is 3.76. The molecular weight excluding hydrogens is 382 g/mol. The molecule has 1 amide bonds. The van der Waals surface area contributed by atoms with Gasteiger partial charge in [-0.25, -0.2) is 4.98 Å². The van der Waals surface area contributed by atoms with E-state index in [9.17, 15) is 4.79 Å². The molecule has 1 saturated heterocycles. The monoisotopic (exact) mass is 407 g/mol. The highest BCUT2D eigenvalue weighted by molar-refractivity contribution is 5.77. The first-order chi connectivity index (χ1) is 14.7. The molecule has 1 aliphatic heterocycles. The molecule has 30 heavy (non-hydrogen) atoms. The number of para-hydroxylation sites is 1. The van der Waals surface area contributed by atoms with E-state index in [1.807, 2.05) is 36.1 Å². The molecule has 0 aliphatic carbocycles. The quantitative estimate of drug-likeness (QED) is 0.617. The number of rotatable bonds is 6. The molecule has 1 aliphatic rings. The van der Waals surface area contributed by atoms with Crippen LogP contribution in [0.25, 0.3) is 11.6 Å². The average molecular weight is 407 g/mol. The molecule has 4 rings (SSSR count). The number of aromatic nitrogens is 4. The maximum absolute atomic E-state index is 13.0. The highest BCUT2D eigenvalue weighted by atomic mass is 16.5. The molecule has 0 spiro atoms. The van der Waals surface area contributed by atoms with Gasteiger partial charge in [-0.2, -0.15) is 0 Å². The van der Waals surface area contributed by atoms with Crippen molar-refractivity contribution in [3.63, 3.8) is 0 Å². The molecule has 0 bridgehead atoms. The third-order valence-corrected chi connectivity index (χ3v) is 5.35. The molecule has 1 aromatic carbocycles. The highest BCUT2D eigenvalue weighted by Gasteiger charge is 2.32. The summed E-state index contributed by atoms with van der Waals surface area (Å²) in [6.45, 7) is 2.56. The van der Waals surface area contributed by atoms with Gasteiger partial charge in [-0.1, -0.05) is 18.2 Å². The SMILES string of the molecule is COc1ccccc1CCC(=O)N1CCCC[C@@H]1c1nnc(-c2cnc(C)cn2)o1. The van der Waals surface area contributed by atoms with Gasteiger partial charge in [-0.15, -0.1) is 10.2 Å². The van der Waals surface area contributed by atoms with E-state index in [0.717, 1.165) is 36.3 Å². The number of methoxy groups -OCH3 is 1. The largest absolute Gasteiger partial charge is 0.496 e. The van der Waals surface area contributed by atoms with Crippen molar-refractivity contribution in [3.8, 4) is 17.3 Å². The van der Waals surface area contributed by atoms with E-state index in [4.69, 9.17) is 9.15 Å². The molecule has 0 radical (unpaired) electrons. The number of carbonyl (C=O) groups excluding carboxylic acids is 1. The molecular formula is C22H25N5O3. The number of hydrogen-bond donors (Lipinski definition) is 0. The summed E-state index contributed by atoms with van der Waals surface area (Å²) in [5.41, 5.74) is 2.38. The topological polar surface area (TPSA) is 94.2 Å². The van der Waals surface area contributed by atoms with Crippen molar-refractivity contribution in [2.24, 2.45) is 0 Å². The van der Waals surface area contributed by atoms with Crippen molar-refractivity contribution < 1.29 is 13.9 Å². The van der Waals surface area contributed by atoms with Gasteiger partial charge in [0.05, 0.1) is 19.0 Å². The number of hydrogen-bond acceptors (Lipinski definition) is 7. The van der Waals surface area contributed by atoms with E-state index >= 15 is 0 Å². The van der Waals surface area contributed by atoms with Crippen LogP contribution in [0.1, 0.15) is 48.9 Å². The van der Waals surface area contributed by atoms with Crippen molar-refractivity contribution in [1.29, 1.82) is 0 Å². The van der Waals surface area contributed by atoms with E-state index in [2.05, 4.69) is 20.2 Å². The van der Waals surface area contributed by atoms with E-state index in [1.54, 1.807) is 19.5 Å². The minimum Gasteiger partial charge on any atom is -0.496 e. The third-order valence-electron chi connectivity index (χ3n) is 5.35. The third kappa shape index (κ3) is 4.32. The maximum atomic E-state index is 13.0. The highest BCUT2D eigenvalue weighted by Crippen LogP contribution is 2.32. The standard InChI is InChI=1S/C22H25N5O3/c1-15-13-24-17(14-23-15)21-25-26-22(30-21)18-8-5-6-12-27(18)20(28)11-10-16-7-3-4-9-19(16)29-2/h3-4,7,9,13-14,18H,5-6,8,10-12H2,1-2H3/t18-/m1/s1. The second-order valence-corrected chi connectivity index (χ2v) is 7.40. The number of carbonyl (C=O) groups is 1. The first-order valence-electron chi connectivity index (χ1n) is 10.2. The fraction of sp³-hybridized carbons (Fsp3) is 0.409. The summed E-state index contributed by atoms with van der Waals surface area (Å²) in [5, 5.41) is 8.35. The molecule has 8 nitrogen and oxygen atoms in total. The van der Waals surface area contributed by atoms with Gasteiger partial charge < -0.3 is 14.1 Å². The van der Waals surface area contributed by atoms with Crippen LogP contribution in [0.4, 0.5) is 0 Å². The van der Waals surface area contributed by atoms with E-state index in [-0.39, 0.29) is 11.9 Å². The smallest absolute Gasteiger partial charge is 0.267 e. The lowest BCUT2D eigenvalue weighted by molar-refractivity contribution is -0.135. The lowest BCUT2D eigenvalue weighted by Crippen LogP contribution is -2.38. The molecule has 1 fully saturated rings. The summed E-state index contributed by atoms with van der Waals surface area (Å²) in [7, 11) is 1.65. The Labute approximate surface area is 175 Å². The van der Waals surface area contributed by atoms with Gasteiger partial charge in [-0.05, 0) is 44.2 Å². The molecule has 2 aromatic heterocycles. The summed E-state index contributed by atoms with van der Waals surface area (Å²) < 4.78 is 11.3. The Morgan fingerprint density at radius 1 is 1.20 bits per heavy atom. The van der Waals surface area contributed by atoms with Gasteiger partial charge in [-0.3, -0.25) is 9.78 Å². The van der Waals surface area contributed by atoms with Gasteiger partial charge in [0.15, 0.2) is 0 Å². The zero-order valence-corrected chi connectivity index (χ0v) is 17.2.